The number of carbonyl (C=O) groups excluding carboxylic acids is 2. The van der Waals surface area contributed by atoms with Crippen LogP contribution in [0.1, 0.15) is 28.8 Å². The van der Waals surface area contributed by atoms with Gasteiger partial charge in [-0.2, -0.15) is 0 Å². The number of nitrogens with zero attached hydrogens (tertiary/aromatic N) is 2. The Hall–Kier alpha value is -1.95. The van der Waals surface area contributed by atoms with Crippen LogP contribution in [0.4, 0.5) is 0 Å². The molecule has 0 bridgehead atoms. The molecule has 2 aromatic carbocycles. The maximum Gasteiger partial charge on any atom is 0.257 e. The number of carbonyl (C=O) groups is 2. The van der Waals surface area contributed by atoms with Crippen LogP contribution in [-0.2, 0) is 11.3 Å². The highest BCUT2D eigenvalue weighted by Gasteiger charge is 2.30. The van der Waals surface area contributed by atoms with Gasteiger partial charge >= 0.3 is 0 Å². The van der Waals surface area contributed by atoms with E-state index in [4.69, 9.17) is 39.5 Å². The molecule has 0 aliphatic carbocycles. The van der Waals surface area contributed by atoms with Crippen LogP contribution in [0.5, 0.6) is 5.75 Å². The van der Waals surface area contributed by atoms with E-state index in [1.165, 1.54) is 7.11 Å². The average Bonchev–Trinajstić information content (AvgIpc) is 2.76. The van der Waals surface area contributed by atoms with Gasteiger partial charge in [0.1, 0.15) is 5.75 Å². The van der Waals surface area contributed by atoms with Gasteiger partial charge in [0, 0.05) is 37.6 Å². The van der Waals surface area contributed by atoms with Gasteiger partial charge < -0.3 is 14.5 Å². The van der Waals surface area contributed by atoms with Gasteiger partial charge in [-0.1, -0.05) is 46.9 Å². The third-order valence-corrected chi connectivity index (χ3v) is 6.43. The summed E-state index contributed by atoms with van der Waals surface area (Å²) < 4.78 is 5.29. The molecular weight excluding hydrogens is 447 g/mol. The fourth-order valence-corrected chi connectivity index (χ4v) is 4.21. The number of rotatable bonds is 5. The molecule has 0 aromatic heterocycles. The summed E-state index contributed by atoms with van der Waals surface area (Å²) in [6.45, 7) is 1.38. The molecule has 3 rings (SSSR count). The molecule has 5 nitrogen and oxygen atoms in total. The molecule has 30 heavy (non-hydrogen) atoms. The third-order valence-electron chi connectivity index (χ3n) is 5.34. The Balaban J connectivity index is 1.61. The summed E-state index contributed by atoms with van der Waals surface area (Å²) >= 11 is 18.4. The summed E-state index contributed by atoms with van der Waals surface area (Å²) in [6.07, 6.45) is 1.20. The second kappa shape index (κ2) is 9.90. The van der Waals surface area contributed by atoms with Gasteiger partial charge in [0.2, 0.25) is 5.91 Å². The summed E-state index contributed by atoms with van der Waals surface area (Å²) in [4.78, 5) is 29.2. The summed E-state index contributed by atoms with van der Waals surface area (Å²) in [7, 11) is 3.28. The summed E-state index contributed by atoms with van der Waals surface area (Å²) in [5, 5.41) is 1.42. The lowest BCUT2D eigenvalue weighted by atomic mass is 9.94. The quantitative estimate of drug-likeness (QED) is 0.607. The van der Waals surface area contributed by atoms with E-state index in [0.29, 0.717) is 58.9 Å². The zero-order chi connectivity index (χ0) is 21.8. The molecule has 0 atom stereocenters. The summed E-state index contributed by atoms with van der Waals surface area (Å²) in [5.41, 5.74) is 1.24. The first-order chi connectivity index (χ1) is 14.3. The molecule has 0 N–H and O–H groups in total. The number of amides is 2. The van der Waals surface area contributed by atoms with Crippen molar-refractivity contribution in [2.24, 2.45) is 5.92 Å². The molecule has 8 heteroatoms. The average molecular weight is 470 g/mol. The van der Waals surface area contributed by atoms with E-state index >= 15 is 0 Å². The van der Waals surface area contributed by atoms with Gasteiger partial charge in [0.05, 0.1) is 22.7 Å². The van der Waals surface area contributed by atoms with Crippen molar-refractivity contribution < 1.29 is 14.3 Å². The largest absolute Gasteiger partial charge is 0.496 e. The topological polar surface area (TPSA) is 49.9 Å². The molecule has 0 unspecified atom stereocenters. The van der Waals surface area contributed by atoms with Crippen LogP contribution in [0.3, 0.4) is 0 Å². The standard InChI is InChI=1S/C22H23Cl3N2O3/c1-26(13-15-4-3-5-18(24)20(15)25)21(28)14-8-10-27(11-9-14)22(29)17-12-16(23)6-7-19(17)30-2/h3-7,12,14H,8-11,13H2,1-2H3. The second-order valence-corrected chi connectivity index (χ2v) is 8.54. The molecule has 1 saturated heterocycles. The molecule has 160 valence electrons. The number of piperidine rings is 1. The maximum atomic E-state index is 12.9. The van der Waals surface area contributed by atoms with Crippen LogP contribution in [0.25, 0.3) is 0 Å². The van der Waals surface area contributed by atoms with Crippen LogP contribution < -0.4 is 4.74 Å². The fourth-order valence-electron chi connectivity index (χ4n) is 3.66. The molecule has 1 fully saturated rings. The Bertz CT molecular complexity index is 943. The molecule has 0 radical (unpaired) electrons. The first-order valence-corrected chi connectivity index (χ1v) is 10.8. The molecule has 2 amide bonds. The van der Waals surface area contributed by atoms with Gasteiger partial charge in [-0.25, -0.2) is 0 Å². The van der Waals surface area contributed by atoms with Crippen LogP contribution in [0, 0.1) is 5.92 Å². The lowest BCUT2D eigenvalue weighted by molar-refractivity contribution is -0.136. The Morgan fingerprint density at radius 2 is 1.83 bits per heavy atom. The Labute approximate surface area is 191 Å². The van der Waals surface area contributed by atoms with Crippen molar-refractivity contribution in [1.29, 1.82) is 0 Å². The number of benzene rings is 2. The second-order valence-electron chi connectivity index (χ2n) is 7.32. The van der Waals surface area contributed by atoms with Gasteiger partial charge in [0.25, 0.3) is 5.91 Å². The SMILES string of the molecule is COc1ccc(Cl)cc1C(=O)N1CCC(C(=O)N(C)Cc2cccc(Cl)c2Cl)CC1. The molecule has 1 aliphatic heterocycles. The normalized spacial score (nSPS) is 14.5. The van der Waals surface area contributed by atoms with Crippen molar-refractivity contribution in [2.75, 3.05) is 27.2 Å². The Morgan fingerprint density at radius 1 is 1.13 bits per heavy atom. The van der Waals surface area contributed by atoms with Gasteiger partial charge in [-0.15, -0.1) is 0 Å². The highest BCUT2D eigenvalue weighted by molar-refractivity contribution is 6.42. The van der Waals surface area contributed by atoms with Crippen LogP contribution >= 0.6 is 34.8 Å². The lowest BCUT2D eigenvalue weighted by Gasteiger charge is -2.33. The minimum absolute atomic E-state index is 0.0403. The zero-order valence-corrected chi connectivity index (χ0v) is 19.1. The number of hydrogen-bond donors (Lipinski definition) is 0. The molecule has 1 aliphatic rings. The number of hydrogen-bond acceptors (Lipinski definition) is 3. The molecule has 0 spiro atoms. The number of halogens is 3. The highest BCUT2D eigenvalue weighted by atomic mass is 35.5. The van der Waals surface area contributed by atoms with Gasteiger partial charge in [0.15, 0.2) is 0 Å². The van der Waals surface area contributed by atoms with E-state index in [9.17, 15) is 9.59 Å². The Kier molecular flexibility index (Phi) is 7.50. The summed E-state index contributed by atoms with van der Waals surface area (Å²) in [6, 6.07) is 10.4. The Morgan fingerprint density at radius 3 is 2.50 bits per heavy atom. The lowest BCUT2D eigenvalue weighted by Crippen LogP contribution is -2.43. The predicted octanol–water partition coefficient (Wildman–Crippen LogP) is 5.17. The third kappa shape index (κ3) is 5.02. The molecular formula is C22H23Cl3N2O3. The van der Waals surface area contributed by atoms with E-state index in [1.807, 2.05) is 12.1 Å². The van der Waals surface area contributed by atoms with E-state index in [-0.39, 0.29) is 17.7 Å². The predicted molar refractivity (Wildman–Crippen MR) is 120 cm³/mol. The van der Waals surface area contributed by atoms with Crippen molar-refractivity contribution in [3.63, 3.8) is 0 Å². The summed E-state index contributed by atoms with van der Waals surface area (Å²) in [5.74, 6) is 0.247. The van der Waals surface area contributed by atoms with Crippen molar-refractivity contribution >= 4 is 46.6 Å². The van der Waals surface area contributed by atoms with Crippen molar-refractivity contribution in [3.8, 4) is 5.75 Å². The van der Waals surface area contributed by atoms with E-state index in [1.54, 1.807) is 41.1 Å². The maximum absolute atomic E-state index is 12.9. The fraction of sp³-hybridized carbons (Fsp3) is 0.364. The highest BCUT2D eigenvalue weighted by Crippen LogP contribution is 2.29. The zero-order valence-electron chi connectivity index (χ0n) is 16.8. The number of ether oxygens (including phenoxy) is 1. The van der Waals surface area contributed by atoms with Crippen molar-refractivity contribution in [3.05, 3.63) is 62.6 Å². The van der Waals surface area contributed by atoms with Crippen molar-refractivity contribution in [2.45, 2.75) is 19.4 Å². The minimum Gasteiger partial charge on any atom is -0.496 e. The molecule has 1 heterocycles. The number of methoxy groups -OCH3 is 1. The van der Waals surface area contributed by atoms with Crippen molar-refractivity contribution in [1.82, 2.24) is 9.80 Å². The molecule has 0 saturated carbocycles. The molecule has 2 aromatic rings. The minimum atomic E-state index is -0.140. The van der Waals surface area contributed by atoms with E-state index < -0.39 is 0 Å². The first-order valence-electron chi connectivity index (χ1n) is 9.62. The van der Waals surface area contributed by atoms with E-state index in [2.05, 4.69) is 0 Å². The smallest absolute Gasteiger partial charge is 0.257 e. The number of likely N-dealkylation sites (tertiary alicyclic amines) is 1. The van der Waals surface area contributed by atoms with E-state index in [0.717, 1.165) is 5.56 Å². The van der Waals surface area contributed by atoms with Crippen LogP contribution in [0.2, 0.25) is 15.1 Å². The first kappa shape index (κ1) is 22.7. The van der Waals surface area contributed by atoms with Gasteiger partial charge in [-0.05, 0) is 42.7 Å². The van der Waals surface area contributed by atoms with Gasteiger partial charge in [-0.3, -0.25) is 9.59 Å². The van der Waals surface area contributed by atoms with Crippen LogP contribution in [-0.4, -0.2) is 48.9 Å². The monoisotopic (exact) mass is 468 g/mol. The van der Waals surface area contributed by atoms with Crippen LogP contribution in [0.15, 0.2) is 36.4 Å².